The summed E-state index contributed by atoms with van der Waals surface area (Å²) < 4.78 is 5.25. The normalized spacial score (nSPS) is 22.5. The molecule has 1 saturated carbocycles. The van der Waals surface area contributed by atoms with Gasteiger partial charge in [0.15, 0.2) is 5.54 Å². The molecule has 7 heteroatoms. The molecule has 2 aliphatic heterocycles. The van der Waals surface area contributed by atoms with E-state index in [9.17, 15) is 14.4 Å². The van der Waals surface area contributed by atoms with Gasteiger partial charge in [-0.25, -0.2) is 4.79 Å². The zero-order valence-electron chi connectivity index (χ0n) is 18.9. The lowest BCUT2D eigenvalue weighted by Gasteiger charge is -2.31. The first-order chi connectivity index (χ1) is 16.0. The Hall–Kier alpha value is -3.35. The number of amides is 4. The molecule has 1 saturated heterocycles. The average molecular weight is 448 g/mol. The molecule has 0 spiro atoms. The molecule has 2 aromatic carbocycles. The van der Waals surface area contributed by atoms with Gasteiger partial charge < -0.3 is 15.0 Å². The van der Waals surface area contributed by atoms with E-state index in [1.165, 1.54) is 37.7 Å². The Morgan fingerprint density at radius 2 is 1.82 bits per heavy atom. The van der Waals surface area contributed by atoms with Crippen molar-refractivity contribution in [1.82, 2.24) is 15.5 Å². The van der Waals surface area contributed by atoms with Crippen LogP contribution in [0.15, 0.2) is 42.5 Å². The number of nitrogens with zero attached hydrogens (tertiary/aromatic N) is 1. The van der Waals surface area contributed by atoms with Crippen molar-refractivity contribution in [2.24, 2.45) is 5.92 Å². The van der Waals surface area contributed by atoms with E-state index in [0.717, 1.165) is 17.9 Å². The van der Waals surface area contributed by atoms with Crippen LogP contribution in [0.25, 0.3) is 0 Å². The molecule has 3 aliphatic rings. The molecular weight excluding hydrogens is 418 g/mol. The van der Waals surface area contributed by atoms with Crippen molar-refractivity contribution in [2.45, 2.75) is 50.6 Å². The second-order valence-corrected chi connectivity index (χ2v) is 9.38. The summed E-state index contributed by atoms with van der Waals surface area (Å²) in [4.78, 5) is 39.9. The number of nitrogens with one attached hydrogen (secondary N) is 2. The standard InChI is InChI=1S/C26H29N3O4/c1-33-21-13-10-19-15-29(23(30)22(19)14-21)16-26(24(31)27-25(32)28-26)20-11-8-18(9-12-20)7-6-17-4-2-3-5-17/h8-14,17H,2-7,15-16H2,1H3,(H2,27,28,31,32)/t26-/m0/s1. The van der Waals surface area contributed by atoms with Gasteiger partial charge in [0.2, 0.25) is 0 Å². The fraction of sp³-hybridized carbons (Fsp3) is 0.423. The molecule has 0 bridgehead atoms. The third-order valence-electron chi connectivity index (χ3n) is 7.33. The zero-order valence-corrected chi connectivity index (χ0v) is 18.9. The van der Waals surface area contributed by atoms with Crippen molar-refractivity contribution in [3.63, 3.8) is 0 Å². The van der Waals surface area contributed by atoms with Crippen molar-refractivity contribution >= 4 is 17.8 Å². The van der Waals surface area contributed by atoms with Crippen LogP contribution in [0.2, 0.25) is 0 Å². The van der Waals surface area contributed by atoms with Crippen molar-refractivity contribution in [1.29, 1.82) is 0 Å². The first-order valence-electron chi connectivity index (χ1n) is 11.7. The number of carbonyl (C=O) groups excluding carboxylic acids is 3. The second kappa shape index (κ2) is 8.54. The molecule has 0 unspecified atom stereocenters. The van der Waals surface area contributed by atoms with E-state index in [-0.39, 0.29) is 12.5 Å². The average Bonchev–Trinajstić information content (AvgIpc) is 3.52. The van der Waals surface area contributed by atoms with Gasteiger partial charge in [0.25, 0.3) is 11.8 Å². The topological polar surface area (TPSA) is 87.7 Å². The van der Waals surface area contributed by atoms with Crippen LogP contribution in [-0.4, -0.2) is 36.4 Å². The summed E-state index contributed by atoms with van der Waals surface area (Å²) in [6.07, 6.45) is 7.53. The SMILES string of the molecule is COc1ccc2c(c1)C(=O)N(C[C@@]1(c3ccc(CCC4CCCC4)cc3)NC(=O)NC1=O)C2. The van der Waals surface area contributed by atoms with Crippen LogP contribution in [0, 0.1) is 5.92 Å². The Bertz CT molecular complexity index is 1090. The first-order valence-corrected chi connectivity index (χ1v) is 11.7. The number of imide groups is 1. The van der Waals surface area contributed by atoms with Gasteiger partial charge >= 0.3 is 6.03 Å². The van der Waals surface area contributed by atoms with Crippen LogP contribution in [-0.2, 0) is 23.3 Å². The monoisotopic (exact) mass is 447 g/mol. The summed E-state index contributed by atoms with van der Waals surface area (Å²) in [6, 6.07) is 12.8. The summed E-state index contributed by atoms with van der Waals surface area (Å²) >= 11 is 0. The highest BCUT2D eigenvalue weighted by Gasteiger charge is 2.50. The number of fused-ring (bicyclic) bond motifs is 1. The molecule has 172 valence electrons. The van der Waals surface area contributed by atoms with E-state index in [1.54, 1.807) is 18.1 Å². The summed E-state index contributed by atoms with van der Waals surface area (Å²) in [7, 11) is 1.56. The van der Waals surface area contributed by atoms with Crippen LogP contribution in [0.3, 0.4) is 0 Å². The summed E-state index contributed by atoms with van der Waals surface area (Å²) in [5.41, 5.74) is 2.03. The van der Waals surface area contributed by atoms with Gasteiger partial charge in [0.1, 0.15) is 5.75 Å². The maximum Gasteiger partial charge on any atom is 0.322 e. The van der Waals surface area contributed by atoms with Gasteiger partial charge in [0, 0.05) is 12.1 Å². The van der Waals surface area contributed by atoms with Crippen LogP contribution in [0.4, 0.5) is 4.79 Å². The van der Waals surface area contributed by atoms with E-state index in [2.05, 4.69) is 10.6 Å². The van der Waals surface area contributed by atoms with Crippen LogP contribution < -0.4 is 15.4 Å². The molecule has 2 heterocycles. The maximum absolute atomic E-state index is 13.1. The number of aryl methyl sites for hydroxylation is 1. The maximum atomic E-state index is 13.1. The minimum Gasteiger partial charge on any atom is -0.497 e. The third kappa shape index (κ3) is 3.96. The van der Waals surface area contributed by atoms with Crippen molar-refractivity contribution in [2.75, 3.05) is 13.7 Å². The van der Waals surface area contributed by atoms with Crippen molar-refractivity contribution in [3.05, 3.63) is 64.7 Å². The van der Waals surface area contributed by atoms with E-state index in [4.69, 9.17) is 4.74 Å². The van der Waals surface area contributed by atoms with Gasteiger partial charge in [0.05, 0.1) is 13.7 Å². The molecule has 5 rings (SSSR count). The minimum absolute atomic E-state index is 0.0574. The van der Waals surface area contributed by atoms with Gasteiger partial charge in [-0.3, -0.25) is 14.9 Å². The molecule has 2 aromatic rings. The lowest BCUT2D eigenvalue weighted by Crippen LogP contribution is -2.52. The molecular formula is C26H29N3O4. The number of methoxy groups -OCH3 is 1. The van der Waals surface area contributed by atoms with E-state index in [0.29, 0.717) is 23.4 Å². The van der Waals surface area contributed by atoms with E-state index < -0.39 is 17.5 Å². The highest BCUT2D eigenvalue weighted by Crippen LogP contribution is 2.33. The summed E-state index contributed by atoms with van der Waals surface area (Å²) in [5.74, 6) is 0.814. The quantitative estimate of drug-likeness (QED) is 0.636. The minimum atomic E-state index is -1.32. The molecule has 0 aromatic heterocycles. The number of carbonyl (C=O) groups is 3. The first kappa shape index (κ1) is 21.5. The molecule has 2 fully saturated rings. The smallest absolute Gasteiger partial charge is 0.322 e. The number of urea groups is 1. The molecule has 1 atom stereocenters. The predicted molar refractivity (Wildman–Crippen MR) is 123 cm³/mol. The number of benzene rings is 2. The molecule has 0 radical (unpaired) electrons. The Morgan fingerprint density at radius 1 is 1.06 bits per heavy atom. The van der Waals surface area contributed by atoms with Crippen LogP contribution >= 0.6 is 0 Å². The summed E-state index contributed by atoms with van der Waals surface area (Å²) in [5, 5.41) is 5.17. The predicted octanol–water partition coefficient (Wildman–Crippen LogP) is 3.51. The second-order valence-electron chi connectivity index (χ2n) is 9.38. The van der Waals surface area contributed by atoms with Gasteiger partial charge in [-0.1, -0.05) is 56.0 Å². The highest BCUT2D eigenvalue weighted by atomic mass is 16.5. The molecule has 4 amide bonds. The fourth-order valence-corrected chi connectivity index (χ4v) is 5.40. The molecule has 1 aliphatic carbocycles. The Labute approximate surface area is 193 Å². The Morgan fingerprint density at radius 3 is 2.48 bits per heavy atom. The number of rotatable bonds is 7. The molecule has 2 N–H and O–H groups in total. The number of hydrogen-bond acceptors (Lipinski definition) is 4. The Balaban J connectivity index is 1.37. The van der Waals surface area contributed by atoms with Gasteiger partial charge in [-0.15, -0.1) is 0 Å². The van der Waals surface area contributed by atoms with Gasteiger partial charge in [-0.05, 0) is 47.6 Å². The lowest BCUT2D eigenvalue weighted by atomic mass is 9.88. The Kier molecular flexibility index (Phi) is 5.56. The van der Waals surface area contributed by atoms with Crippen molar-refractivity contribution in [3.8, 4) is 5.75 Å². The van der Waals surface area contributed by atoms with Crippen molar-refractivity contribution < 1.29 is 19.1 Å². The largest absolute Gasteiger partial charge is 0.497 e. The van der Waals surface area contributed by atoms with Gasteiger partial charge in [-0.2, -0.15) is 0 Å². The fourth-order valence-electron chi connectivity index (χ4n) is 5.40. The van der Waals surface area contributed by atoms with E-state index in [1.807, 2.05) is 36.4 Å². The number of ether oxygens (including phenoxy) is 1. The molecule has 33 heavy (non-hydrogen) atoms. The zero-order chi connectivity index (χ0) is 23.0. The number of hydrogen-bond donors (Lipinski definition) is 2. The highest BCUT2D eigenvalue weighted by molar-refractivity contribution is 6.08. The lowest BCUT2D eigenvalue weighted by molar-refractivity contribution is -0.124. The van der Waals surface area contributed by atoms with Crippen LogP contribution in [0.1, 0.15) is 59.2 Å². The summed E-state index contributed by atoms with van der Waals surface area (Å²) in [6.45, 7) is 0.435. The molecule has 7 nitrogen and oxygen atoms in total. The third-order valence-corrected chi connectivity index (χ3v) is 7.33. The van der Waals surface area contributed by atoms with E-state index >= 15 is 0 Å². The van der Waals surface area contributed by atoms with Crippen LogP contribution in [0.5, 0.6) is 5.75 Å².